The number of ether oxygens (including phenoxy) is 2. The van der Waals surface area contributed by atoms with Gasteiger partial charge in [0.15, 0.2) is 0 Å². The van der Waals surface area contributed by atoms with Crippen molar-refractivity contribution in [2.45, 2.75) is 19.3 Å². The van der Waals surface area contributed by atoms with Gasteiger partial charge in [-0.1, -0.05) is 0 Å². The summed E-state index contributed by atoms with van der Waals surface area (Å²) < 4.78 is 10.7. The third-order valence-electron chi connectivity index (χ3n) is 3.52. The van der Waals surface area contributed by atoms with Gasteiger partial charge in [0.25, 0.3) is 23.6 Å². The van der Waals surface area contributed by atoms with Crippen molar-refractivity contribution in [2.24, 2.45) is 0 Å². The summed E-state index contributed by atoms with van der Waals surface area (Å²) in [4.78, 5) is 47.3. The number of imide groups is 2. The van der Waals surface area contributed by atoms with Crippen LogP contribution in [0.25, 0.3) is 0 Å². The van der Waals surface area contributed by atoms with Crippen LogP contribution < -0.4 is 0 Å². The molecule has 8 heteroatoms. The van der Waals surface area contributed by atoms with E-state index in [4.69, 9.17) is 9.47 Å². The maximum atomic E-state index is 11.3. The fourth-order valence-corrected chi connectivity index (χ4v) is 2.20. The van der Waals surface area contributed by atoms with E-state index >= 15 is 0 Å². The molecule has 0 spiro atoms. The first kappa shape index (κ1) is 21.5. The van der Waals surface area contributed by atoms with Crippen LogP contribution in [-0.4, -0.2) is 66.5 Å². The molecule has 0 aliphatic carbocycles. The van der Waals surface area contributed by atoms with Crippen LogP contribution >= 0.6 is 0 Å². The lowest BCUT2D eigenvalue weighted by Gasteiger charge is -2.14. The lowest BCUT2D eigenvalue weighted by molar-refractivity contribution is -0.143. The Balaban J connectivity index is 0.00000163. The van der Waals surface area contributed by atoms with Crippen LogP contribution in [0.15, 0.2) is 37.5 Å². The Labute approximate surface area is 152 Å². The van der Waals surface area contributed by atoms with Crippen molar-refractivity contribution in [1.82, 2.24) is 9.80 Å². The van der Waals surface area contributed by atoms with Gasteiger partial charge in [0.1, 0.15) is 6.73 Å². The molecule has 142 valence electrons. The topological polar surface area (TPSA) is 93.2 Å². The largest absolute Gasteiger partial charge is 0.381 e. The number of rotatable bonds is 11. The first-order valence-corrected chi connectivity index (χ1v) is 8.32. The molecule has 2 aliphatic heterocycles. The molecule has 0 bridgehead atoms. The highest BCUT2D eigenvalue weighted by molar-refractivity contribution is 6.13. The summed E-state index contributed by atoms with van der Waals surface area (Å²) in [7, 11) is 0. The van der Waals surface area contributed by atoms with E-state index in [1.165, 1.54) is 29.2 Å². The molecule has 0 aromatic heterocycles. The molecule has 0 saturated heterocycles. The Morgan fingerprint density at radius 2 is 1.08 bits per heavy atom. The van der Waals surface area contributed by atoms with Gasteiger partial charge < -0.3 is 9.47 Å². The third-order valence-corrected chi connectivity index (χ3v) is 3.52. The molecule has 0 saturated carbocycles. The first-order valence-electron chi connectivity index (χ1n) is 8.32. The highest BCUT2D eigenvalue weighted by Crippen LogP contribution is 2.05. The lowest BCUT2D eigenvalue weighted by atomic mass is 10.3. The molecule has 0 unspecified atom stereocenters. The summed E-state index contributed by atoms with van der Waals surface area (Å²) in [5, 5.41) is 0. The predicted octanol–water partition coefficient (Wildman–Crippen LogP) is 0.800. The molecule has 2 heterocycles. The number of nitrogens with zero attached hydrogens (tertiary/aromatic N) is 2. The molecule has 0 radical (unpaired) electrons. The van der Waals surface area contributed by atoms with Crippen molar-refractivity contribution in [3.8, 4) is 0 Å². The Kier molecular flexibility index (Phi) is 9.81. The van der Waals surface area contributed by atoms with E-state index in [9.17, 15) is 19.2 Å². The van der Waals surface area contributed by atoms with Crippen LogP contribution in [0.1, 0.15) is 19.3 Å². The van der Waals surface area contributed by atoms with E-state index in [-0.39, 0.29) is 30.4 Å². The van der Waals surface area contributed by atoms with E-state index < -0.39 is 0 Å². The Morgan fingerprint density at radius 3 is 1.62 bits per heavy atom. The monoisotopic (exact) mass is 364 g/mol. The van der Waals surface area contributed by atoms with Gasteiger partial charge in [0.05, 0.1) is 0 Å². The van der Waals surface area contributed by atoms with Crippen molar-refractivity contribution in [1.29, 1.82) is 0 Å². The Hall–Kier alpha value is -2.58. The number of hydrogen-bond acceptors (Lipinski definition) is 6. The molecule has 26 heavy (non-hydrogen) atoms. The van der Waals surface area contributed by atoms with Crippen LogP contribution in [0, 0.1) is 0 Å². The number of carbonyl (C=O) groups excluding carboxylic acids is 4. The van der Waals surface area contributed by atoms with Gasteiger partial charge in [0.2, 0.25) is 0 Å². The fourth-order valence-electron chi connectivity index (χ4n) is 2.20. The summed E-state index contributed by atoms with van der Waals surface area (Å²) in [6.07, 6.45) is 7.10. The molecule has 0 atom stereocenters. The number of hydrogen-bond donors (Lipinski definition) is 0. The highest BCUT2D eigenvalue weighted by atomic mass is 16.5. The number of carbonyl (C=O) groups is 4. The minimum atomic E-state index is -0.353. The summed E-state index contributed by atoms with van der Waals surface area (Å²) in [5.41, 5.74) is 0. The van der Waals surface area contributed by atoms with Gasteiger partial charge in [-0.2, -0.15) is 0 Å². The highest BCUT2D eigenvalue weighted by Gasteiger charge is 2.23. The van der Waals surface area contributed by atoms with E-state index in [1.54, 1.807) is 0 Å². The van der Waals surface area contributed by atoms with Gasteiger partial charge in [-0.05, 0) is 19.3 Å². The second-order valence-corrected chi connectivity index (χ2v) is 5.31. The van der Waals surface area contributed by atoms with Crippen LogP contribution in [0.4, 0.5) is 0 Å². The van der Waals surface area contributed by atoms with E-state index in [1.807, 2.05) is 0 Å². The molecular weight excluding hydrogens is 340 g/mol. The molecule has 2 rings (SSSR count). The van der Waals surface area contributed by atoms with Crippen LogP contribution in [0.5, 0.6) is 0 Å². The normalized spacial score (nSPS) is 15.8. The maximum absolute atomic E-state index is 11.3. The molecule has 4 amide bonds. The SMILES string of the molecule is C=C.O=C1C=CC(=O)N1CCCOCCCCOCN1C(=O)C=CC1=O. The molecule has 0 aromatic rings. The summed E-state index contributed by atoms with van der Waals surface area (Å²) >= 11 is 0. The van der Waals surface area contributed by atoms with Crippen molar-refractivity contribution in [3.05, 3.63) is 37.5 Å². The van der Waals surface area contributed by atoms with E-state index in [2.05, 4.69) is 13.2 Å². The zero-order valence-electron chi connectivity index (χ0n) is 14.7. The van der Waals surface area contributed by atoms with Gasteiger partial charge in [-0.15, -0.1) is 13.2 Å². The Bertz CT molecular complexity index is 498. The van der Waals surface area contributed by atoms with Gasteiger partial charge in [-0.25, -0.2) is 0 Å². The quantitative estimate of drug-likeness (QED) is 0.306. The molecular formula is C18H24N2O6. The van der Waals surface area contributed by atoms with Crippen LogP contribution in [-0.2, 0) is 28.7 Å². The van der Waals surface area contributed by atoms with Gasteiger partial charge in [0, 0.05) is 50.7 Å². The molecule has 2 aliphatic rings. The first-order chi connectivity index (χ1) is 12.6. The smallest absolute Gasteiger partial charge is 0.255 e. The van der Waals surface area contributed by atoms with E-state index in [0.717, 1.165) is 17.7 Å². The van der Waals surface area contributed by atoms with Crippen LogP contribution in [0.3, 0.4) is 0 Å². The molecule has 0 fully saturated rings. The molecule has 0 aromatic carbocycles. The zero-order valence-corrected chi connectivity index (χ0v) is 14.7. The summed E-state index contributed by atoms with van der Waals surface area (Å²) in [6, 6.07) is 0. The third kappa shape index (κ3) is 6.73. The molecule has 0 N–H and O–H groups in total. The maximum Gasteiger partial charge on any atom is 0.255 e. The number of amides is 4. The Morgan fingerprint density at radius 1 is 0.654 bits per heavy atom. The van der Waals surface area contributed by atoms with E-state index in [0.29, 0.717) is 32.8 Å². The lowest BCUT2D eigenvalue weighted by Crippen LogP contribution is -2.32. The van der Waals surface area contributed by atoms with Gasteiger partial charge >= 0.3 is 0 Å². The number of unbranched alkanes of at least 4 members (excludes halogenated alkanes) is 1. The van der Waals surface area contributed by atoms with Crippen molar-refractivity contribution < 1.29 is 28.7 Å². The van der Waals surface area contributed by atoms with Crippen molar-refractivity contribution >= 4 is 23.6 Å². The minimum Gasteiger partial charge on any atom is -0.381 e. The second kappa shape index (κ2) is 11.9. The van der Waals surface area contributed by atoms with Gasteiger partial charge in [-0.3, -0.25) is 29.0 Å². The summed E-state index contributed by atoms with van der Waals surface area (Å²) in [5.74, 6) is -1.26. The zero-order chi connectivity index (χ0) is 19.4. The predicted molar refractivity (Wildman–Crippen MR) is 93.6 cm³/mol. The second-order valence-electron chi connectivity index (χ2n) is 5.31. The minimum absolute atomic E-state index is 0.0303. The van der Waals surface area contributed by atoms with Crippen molar-refractivity contribution in [2.75, 3.05) is 33.1 Å². The average molecular weight is 364 g/mol. The van der Waals surface area contributed by atoms with Crippen LogP contribution in [0.2, 0.25) is 0 Å². The standard InChI is InChI=1S/C16H20N2O6.C2H4/c19-13-4-5-14(20)17(13)8-3-11-23-9-1-2-10-24-12-18-15(21)6-7-16(18)22;1-2/h4-7H,1-3,8-12H2;1-2H2. The summed E-state index contributed by atoms with van der Waals surface area (Å²) in [6.45, 7) is 7.78. The van der Waals surface area contributed by atoms with Crippen molar-refractivity contribution in [3.63, 3.8) is 0 Å². The fraction of sp³-hybridized carbons (Fsp3) is 0.444. The average Bonchev–Trinajstić information content (AvgIpc) is 3.14. The molecule has 8 nitrogen and oxygen atoms in total.